The lowest BCUT2D eigenvalue weighted by atomic mass is 10.2. The van der Waals surface area contributed by atoms with Gasteiger partial charge in [-0.05, 0) is 26.5 Å². The Morgan fingerprint density at radius 2 is 1.86 bits per heavy atom. The van der Waals surface area contributed by atoms with Crippen LogP contribution in [-0.4, -0.2) is 28.1 Å². The summed E-state index contributed by atoms with van der Waals surface area (Å²) in [6.45, 7) is 13.5. The summed E-state index contributed by atoms with van der Waals surface area (Å²) in [5.41, 5.74) is 1.32. The minimum absolute atomic E-state index is 0.308. The van der Waals surface area contributed by atoms with E-state index < -0.39 is 8.80 Å². The Bertz CT molecular complexity index is 198. The van der Waals surface area contributed by atoms with E-state index in [-0.39, 0.29) is 5.60 Å². The molecule has 0 N–H and O–H groups in total. The van der Waals surface area contributed by atoms with Crippen LogP contribution in [0.3, 0.4) is 0 Å². The summed E-state index contributed by atoms with van der Waals surface area (Å²) in [6.07, 6.45) is 1.66. The molecular formula is C10H20O3Si. The molecule has 0 bridgehead atoms. The molecule has 82 valence electrons. The molecule has 1 unspecified atom stereocenters. The van der Waals surface area contributed by atoms with Crippen LogP contribution in [0.1, 0.15) is 20.8 Å². The van der Waals surface area contributed by atoms with Crippen LogP contribution in [-0.2, 0) is 13.3 Å². The summed E-state index contributed by atoms with van der Waals surface area (Å²) in [5.74, 6) is 0. The Kier molecular flexibility index (Phi) is 5.29. The molecule has 0 fully saturated rings. The Balaban J connectivity index is 4.52. The summed E-state index contributed by atoms with van der Waals surface area (Å²) in [4.78, 5) is 0. The Hall–Kier alpha value is -0.423. The van der Waals surface area contributed by atoms with Gasteiger partial charge in [0.05, 0.1) is 12.2 Å². The van der Waals surface area contributed by atoms with E-state index in [9.17, 15) is 0 Å². The van der Waals surface area contributed by atoms with E-state index in [1.54, 1.807) is 18.9 Å². The van der Waals surface area contributed by atoms with Gasteiger partial charge in [-0.3, -0.25) is 0 Å². The maximum Gasteiger partial charge on any atom is 0.529 e. The molecule has 4 heteroatoms. The molecule has 0 rings (SSSR count). The van der Waals surface area contributed by atoms with Gasteiger partial charge in [0, 0.05) is 7.11 Å². The van der Waals surface area contributed by atoms with E-state index in [0.717, 1.165) is 0 Å². The van der Waals surface area contributed by atoms with E-state index in [1.807, 2.05) is 20.8 Å². The molecule has 0 aromatic carbocycles. The van der Waals surface area contributed by atoms with Crippen molar-refractivity contribution >= 4 is 8.80 Å². The van der Waals surface area contributed by atoms with E-state index in [4.69, 9.17) is 13.3 Å². The van der Waals surface area contributed by atoms with Crippen LogP contribution in [0.4, 0.5) is 0 Å². The third-order valence-corrected chi connectivity index (χ3v) is 3.92. The highest BCUT2D eigenvalue weighted by Crippen LogP contribution is 2.19. The van der Waals surface area contributed by atoms with E-state index in [1.165, 1.54) is 0 Å². The third-order valence-electron chi connectivity index (χ3n) is 1.39. The first kappa shape index (κ1) is 13.6. The molecule has 0 heterocycles. The molecule has 0 aliphatic rings. The lowest BCUT2D eigenvalue weighted by Gasteiger charge is -2.32. The molecule has 14 heavy (non-hydrogen) atoms. The molecule has 0 amide bonds. The first-order valence-electron chi connectivity index (χ1n) is 4.53. The van der Waals surface area contributed by atoms with Crippen molar-refractivity contribution < 1.29 is 13.3 Å². The molecule has 0 saturated carbocycles. The van der Waals surface area contributed by atoms with Crippen LogP contribution in [0.5, 0.6) is 0 Å². The summed E-state index contributed by atoms with van der Waals surface area (Å²) in [5, 5.41) is 0. The van der Waals surface area contributed by atoms with Gasteiger partial charge < -0.3 is 13.3 Å². The van der Waals surface area contributed by atoms with Crippen molar-refractivity contribution in [3.8, 4) is 0 Å². The first-order chi connectivity index (χ1) is 6.39. The lowest BCUT2D eigenvalue weighted by Crippen LogP contribution is -2.48. The summed E-state index contributed by atoms with van der Waals surface area (Å²) >= 11 is 0. The molecule has 0 aromatic rings. The summed E-state index contributed by atoms with van der Waals surface area (Å²) in [7, 11) is -1.14. The smallest absolute Gasteiger partial charge is 0.374 e. The van der Waals surface area contributed by atoms with Gasteiger partial charge in [-0.15, -0.1) is 6.58 Å². The second-order valence-corrected chi connectivity index (χ2v) is 6.34. The van der Waals surface area contributed by atoms with Crippen LogP contribution < -0.4 is 0 Å². The average molecular weight is 216 g/mol. The maximum absolute atomic E-state index is 5.75. The monoisotopic (exact) mass is 216 g/mol. The van der Waals surface area contributed by atoms with Crippen molar-refractivity contribution in [1.29, 1.82) is 0 Å². The number of hydrogen-bond donors (Lipinski definition) is 0. The highest BCUT2D eigenvalue weighted by atomic mass is 28.4. The predicted molar refractivity (Wildman–Crippen MR) is 59.9 cm³/mol. The molecule has 0 aromatic heterocycles. The number of hydrogen-bond acceptors (Lipinski definition) is 3. The second-order valence-electron chi connectivity index (χ2n) is 3.83. The fourth-order valence-electron chi connectivity index (χ4n) is 0.916. The summed E-state index contributed by atoms with van der Waals surface area (Å²) in [6, 6.07) is 0. The van der Waals surface area contributed by atoms with Crippen LogP contribution in [0.15, 0.2) is 24.9 Å². The van der Waals surface area contributed by atoms with Crippen LogP contribution >= 0.6 is 0 Å². The fraction of sp³-hybridized carbons (Fsp3) is 0.600. The molecule has 0 aliphatic carbocycles. The minimum Gasteiger partial charge on any atom is -0.374 e. The third kappa shape index (κ3) is 4.71. The topological polar surface area (TPSA) is 27.7 Å². The van der Waals surface area contributed by atoms with Crippen molar-refractivity contribution in [1.82, 2.24) is 0 Å². The Labute approximate surface area is 87.7 Å². The number of rotatable bonds is 6. The standard InChI is InChI=1S/C10H20O3Si/c1-7-9-12-14(8-2,11-6)13-10(3,4)5/h7-8H,1-2,9H2,3-6H3. The van der Waals surface area contributed by atoms with E-state index in [2.05, 4.69) is 13.2 Å². The highest BCUT2D eigenvalue weighted by molar-refractivity contribution is 6.66. The first-order valence-corrected chi connectivity index (χ1v) is 6.33. The van der Waals surface area contributed by atoms with Crippen molar-refractivity contribution in [2.24, 2.45) is 0 Å². The molecule has 0 radical (unpaired) electrons. The zero-order valence-electron chi connectivity index (χ0n) is 9.50. The van der Waals surface area contributed by atoms with Gasteiger partial charge in [0.15, 0.2) is 0 Å². The quantitative estimate of drug-likeness (QED) is 0.504. The van der Waals surface area contributed by atoms with Gasteiger partial charge in [-0.25, -0.2) is 0 Å². The van der Waals surface area contributed by atoms with Crippen molar-refractivity contribution in [3.05, 3.63) is 24.9 Å². The highest BCUT2D eigenvalue weighted by Gasteiger charge is 2.40. The van der Waals surface area contributed by atoms with Crippen LogP contribution in [0, 0.1) is 0 Å². The predicted octanol–water partition coefficient (Wildman–Crippen LogP) is 2.31. The molecule has 0 aliphatic heterocycles. The van der Waals surface area contributed by atoms with Gasteiger partial charge in [0.2, 0.25) is 0 Å². The molecule has 1 atom stereocenters. The largest absolute Gasteiger partial charge is 0.529 e. The SMILES string of the molecule is C=CCO[Si](C=C)(OC)OC(C)(C)C. The van der Waals surface area contributed by atoms with Crippen molar-refractivity contribution in [2.75, 3.05) is 13.7 Å². The van der Waals surface area contributed by atoms with Gasteiger partial charge in [0.25, 0.3) is 0 Å². The van der Waals surface area contributed by atoms with Crippen LogP contribution in [0.25, 0.3) is 0 Å². The van der Waals surface area contributed by atoms with Crippen molar-refractivity contribution in [2.45, 2.75) is 26.4 Å². The fourth-order valence-corrected chi connectivity index (χ4v) is 2.75. The molecular weight excluding hydrogens is 196 g/mol. The Morgan fingerprint density at radius 1 is 1.29 bits per heavy atom. The normalized spacial score (nSPS) is 16.0. The Morgan fingerprint density at radius 3 is 2.14 bits per heavy atom. The summed E-state index contributed by atoms with van der Waals surface area (Å²) < 4.78 is 16.6. The zero-order chi connectivity index (χ0) is 11.2. The molecule has 0 spiro atoms. The van der Waals surface area contributed by atoms with E-state index in [0.29, 0.717) is 6.61 Å². The van der Waals surface area contributed by atoms with Gasteiger partial charge in [-0.1, -0.05) is 12.7 Å². The average Bonchev–Trinajstić information content (AvgIpc) is 2.10. The van der Waals surface area contributed by atoms with Gasteiger partial charge >= 0.3 is 8.80 Å². The molecule has 3 nitrogen and oxygen atoms in total. The van der Waals surface area contributed by atoms with Gasteiger partial charge in [0.1, 0.15) is 0 Å². The van der Waals surface area contributed by atoms with Gasteiger partial charge in [-0.2, -0.15) is 0 Å². The maximum atomic E-state index is 5.75. The van der Waals surface area contributed by atoms with Crippen LogP contribution in [0.2, 0.25) is 0 Å². The zero-order valence-corrected chi connectivity index (χ0v) is 10.5. The second kappa shape index (κ2) is 5.46. The lowest BCUT2D eigenvalue weighted by molar-refractivity contribution is 0.0202. The molecule has 0 saturated heterocycles. The van der Waals surface area contributed by atoms with E-state index >= 15 is 0 Å². The minimum atomic E-state index is -2.71. The van der Waals surface area contributed by atoms with Crippen molar-refractivity contribution in [3.63, 3.8) is 0 Å².